The van der Waals surface area contributed by atoms with Gasteiger partial charge in [0.15, 0.2) is 15.7 Å². The first-order valence-electron chi connectivity index (χ1n) is 30.1. The van der Waals surface area contributed by atoms with Gasteiger partial charge in [-0.05, 0) is 148 Å². The number of piperazine rings is 2. The van der Waals surface area contributed by atoms with Crippen LogP contribution in [0.25, 0.3) is 10.9 Å². The summed E-state index contributed by atoms with van der Waals surface area (Å²) in [6, 6.07) is 15.1. The van der Waals surface area contributed by atoms with Gasteiger partial charge < -0.3 is 34.4 Å². The highest BCUT2D eigenvalue weighted by atomic mass is 32.2. The monoisotopic (exact) mass is 1200 g/mol. The van der Waals surface area contributed by atoms with Gasteiger partial charge in [-0.1, -0.05) is 26.0 Å². The Morgan fingerprint density at radius 3 is 2.23 bits per heavy atom. The number of aromatic nitrogens is 6. The minimum absolute atomic E-state index is 0.0194. The summed E-state index contributed by atoms with van der Waals surface area (Å²) in [6.07, 6.45) is 7.66. The van der Waals surface area contributed by atoms with Crippen molar-refractivity contribution < 1.29 is 36.7 Å². The van der Waals surface area contributed by atoms with Crippen LogP contribution in [0, 0.1) is 25.6 Å². The van der Waals surface area contributed by atoms with Gasteiger partial charge in [0.05, 0.1) is 40.4 Å². The Bertz CT molecular complexity index is 3580. The number of pyridine rings is 2. The van der Waals surface area contributed by atoms with Gasteiger partial charge in [0, 0.05) is 118 Å². The van der Waals surface area contributed by atoms with Crippen LogP contribution in [0.5, 0.6) is 5.75 Å². The van der Waals surface area contributed by atoms with Crippen LogP contribution in [-0.2, 0) is 31.2 Å². The largest absolute Gasteiger partial charge is 0.492 e. The predicted octanol–water partition coefficient (Wildman–Crippen LogP) is 9.27. The molecule has 3 fully saturated rings. The highest BCUT2D eigenvalue weighted by Gasteiger charge is 2.44. The van der Waals surface area contributed by atoms with Crippen LogP contribution in [0.4, 0.5) is 32.3 Å². The minimum Gasteiger partial charge on any atom is -0.492 e. The molecule has 3 saturated heterocycles. The summed E-state index contributed by atoms with van der Waals surface area (Å²) in [4.78, 5) is 73.6. The Morgan fingerprint density at radius 1 is 0.826 bits per heavy atom. The molecule has 3 atom stereocenters. The number of aryl methyl sites for hydroxylation is 1. The van der Waals surface area contributed by atoms with E-state index in [-0.39, 0.29) is 64.5 Å². The number of nitrogens with zero attached hydrogens (tertiary/aromatic N) is 11. The normalized spacial score (nSPS) is 19.9. The number of rotatable bonds is 15. The standard InChI is InChI=1S/C64H84FN13O7S/c1-40-33-75(25-24-74(40)35-49-36-77(61(81)85-62(5,6)7)41(2)34-76(49)37-56(79)78-38-64(11,12)57-52(78)28-46(31-67-57)27-45-13-16-48(65)17-14-45)60(80)47-15-18-55(66-32-47)73-22-19-44(20-23-73)21-26-84-53-30-51-50(29-54(53)86(82,83)63(8,9)10)59(69-39-68-51)70-58-42(3)43(4)71-72-58/h13-18,28-32,39-41,44,49H,19-27,33-38H2,1-12H3,(H2,68,69,70,71,72)/t40?,41-,49+/m1/s1. The molecule has 0 saturated carbocycles. The number of amides is 3. The molecule has 22 heteroatoms. The molecule has 10 rings (SSSR count). The molecule has 0 bridgehead atoms. The molecule has 2 aromatic carbocycles. The Hall–Kier alpha value is -7.30. The van der Waals surface area contributed by atoms with Gasteiger partial charge in [-0.15, -0.1) is 0 Å². The molecular weight excluding hydrogens is 1110 g/mol. The van der Waals surface area contributed by atoms with Crippen molar-refractivity contribution in [2.24, 2.45) is 5.92 Å². The van der Waals surface area contributed by atoms with E-state index < -0.39 is 20.2 Å². The number of anilines is 4. The number of H-pyrrole nitrogens is 1. The zero-order valence-corrected chi connectivity index (χ0v) is 52.7. The zero-order valence-electron chi connectivity index (χ0n) is 51.9. The summed E-state index contributed by atoms with van der Waals surface area (Å²) < 4.78 is 53.1. The third kappa shape index (κ3) is 13.5. The van der Waals surface area contributed by atoms with Gasteiger partial charge in [-0.3, -0.25) is 29.5 Å². The quantitative estimate of drug-likeness (QED) is 0.0980. The fourth-order valence-electron chi connectivity index (χ4n) is 12.2. The molecule has 1 unspecified atom stereocenters. The molecule has 460 valence electrons. The van der Waals surface area contributed by atoms with Crippen molar-refractivity contribution in [2.75, 3.05) is 87.2 Å². The average molecular weight is 1200 g/mol. The van der Waals surface area contributed by atoms with Crippen molar-refractivity contribution >= 4 is 61.8 Å². The maximum absolute atomic E-state index is 14.7. The number of benzene rings is 2. The van der Waals surface area contributed by atoms with Crippen LogP contribution < -0.4 is 19.9 Å². The van der Waals surface area contributed by atoms with Gasteiger partial charge in [-0.25, -0.2) is 32.6 Å². The number of fused-ring (bicyclic) bond motifs is 2. The summed E-state index contributed by atoms with van der Waals surface area (Å²) in [5.41, 5.74) is 5.38. The van der Waals surface area contributed by atoms with E-state index in [4.69, 9.17) is 19.4 Å². The maximum atomic E-state index is 14.7. The Labute approximate surface area is 505 Å². The van der Waals surface area contributed by atoms with Crippen LogP contribution in [0.1, 0.15) is 127 Å². The molecule has 4 aliphatic heterocycles. The fraction of sp³-hybridized carbons (Fsp3) is 0.531. The average Bonchev–Trinajstić information content (AvgIpc) is 1.57. The lowest BCUT2D eigenvalue weighted by Crippen LogP contribution is -2.65. The summed E-state index contributed by atoms with van der Waals surface area (Å²) in [7, 11) is -3.84. The summed E-state index contributed by atoms with van der Waals surface area (Å²) in [6.45, 7) is 28.3. The lowest BCUT2D eigenvalue weighted by atomic mass is 9.91. The number of hydrogen-bond donors (Lipinski definition) is 2. The van der Waals surface area contributed by atoms with E-state index in [1.807, 2.05) is 75.7 Å². The first-order valence-corrected chi connectivity index (χ1v) is 31.6. The Morgan fingerprint density at radius 2 is 1.57 bits per heavy atom. The van der Waals surface area contributed by atoms with Crippen molar-refractivity contribution in [1.82, 2.24) is 49.7 Å². The lowest BCUT2D eigenvalue weighted by Gasteiger charge is -2.48. The first kappa shape index (κ1) is 61.8. The number of sulfone groups is 1. The highest BCUT2D eigenvalue weighted by molar-refractivity contribution is 7.92. The molecule has 0 spiro atoms. The van der Waals surface area contributed by atoms with E-state index in [9.17, 15) is 27.2 Å². The van der Waals surface area contributed by atoms with Gasteiger partial charge in [0.1, 0.15) is 40.0 Å². The lowest BCUT2D eigenvalue weighted by molar-refractivity contribution is -0.121. The number of halogens is 1. The van der Waals surface area contributed by atoms with Crippen LogP contribution in [0.15, 0.2) is 78.2 Å². The first-order chi connectivity index (χ1) is 40.6. The van der Waals surface area contributed by atoms with E-state index in [0.29, 0.717) is 92.9 Å². The van der Waals surface area contributed by atoms with Crippen molar-refractivity contribution in [3.63, 3.8) is 0 Å². The topological polar surface area (TPSA) is 216 Å². The van der Waals surface area contributed by atoms with Crippen molar-refractivity contribution in [1.29, 1.82) is 0 Å². The van der Waals surface area contributed by atoms with Crippen LogP contribution in [0.3, 0.4) is 0 Å². The fourth-order valence-corrected chi connectivity index (χ4v) is 13.5. The van der Waals surface area contributed by atoms with Crippen molar-refractivity contribution in [3.8, 4) is 5.75 Å². The van der Waals surface area contributed by atoms with Gasteiger partial charge in [0.2, 0.25) is 5.91 Å². The number of aromatic amines is 1. The molecule has 86 heavy (non-hydrogen) atoms. The summed E-state index contributed by atoms with van der Waals surface area (Å²) in [5.74, 6) is 2.04. The molecule has 2 N–H and O–H groups in total. The second-order valence-corrected chi connectivity index (χ2v) is 29.3. The molecule has 0 radical (unpaired) electrons. The Kier molecular flexibility index (Phi) is 17.6. The van der Waals surface area contributed by atoms with E-state index in [2.05, 4.69) is 61.0 Å². The summed E-state index contributed by atoms with van der Waals surface area (Å²) in [5, 5.41) is 11.1. The smallest absolute Gasteiger partial charge is 0.410 e. The third-order valence-electron chi connectivity index (χ3n) is 17.5. The minimum atomic E-state index is -3.84. The van der Waals surface area contributed by atoms with E-state index >= 15 is 0 Å². The second kappa shape index (κ2) is 24.5. The third-order valence-corrected chi connectivity index (χ3v) is 20.0. The van der Waals surface area contributed by atoms with Crippen LogP contribution in [0.2, 0.25) is 0 Å². The molecule has 3 amide bonds. The highest BCUT2D eigenvalue weighted by Crippen LogP contribution is 2.41. The summed E-state index contributed by atoms with van der Waals surface area (Å²) >= 11 is 0. The van der Waals surface area contributed by atoms with Gasteiger partial charge in [-0.2, -0.15) is 5.10 Å². The number of carbonyl (C=O) groups excluding carboxylic acids is 3. The molecular formula is C64H84FN13O7S. The molecule has 6 aromatic rings. The van der Waals surface area contributed by atoms with Crippen molar-refractivity contribution in [3.05, 3.63) is 113 Å². The zero-order chi connectivity index (χ0) is 61.6. The SMILES string of the molecule is Cc1[nH]nc(Nc2ncnc3cc(OCCC4CCN(c5ccc(C(=O)N6CCN(C[C@H]7CN(C(=O)OC(C)(C)C)[C@H](C)CN7CC(=O)N7CC(C)(C)c8ncc(Cc9ccc(F)cc9)cc87)C(C)C6)cn5)CC4)c(S(=O)(=O)C(C)(C)C)cc23)c1C. The maximum Gasteiger partial charge on any atom is 0.410 e. The molecule has 4 aliphatic rings. The predicted molar refractivity (Wildman–Crippen MR) is 331 cm³/mol. The molecule has 4 aromatic heterocycles. The molecule has 20 nitrogen and oxygen atoms in total. The van der Waals surface area contributed by atoms with E-state index in [1.54, 1.807) is 56.1 Å². The van der Waals surface area contributed by atoms with Crippen LogP contribution >= 0.6 is 0 Å². The number of piperidine rings is 1. The van der Waals surface area contributed by atoms with Gasteiger partial charge in [0.25, 0.3) is 5.91 Å². The number of hydrogen-bond acceptors (Lipinski definition) is 16. The van der Waals surface area contributed by atoms with Gasteiger partial charge >= 0.3 is 6.09 Å². The van der Waals surface area contributed by atoms with Crippen molar-refractivity contribution in [2.45, 2.75) is 148 Å². The van der Waals surface area contributed by atoms with E-state index in [0.717, 1.165) is 71.9 Å². The number of carbonyl (C=O) groups is 3. The second-order valence-electron chi connectivity index (χ2n) is 26.6. The number of ether oxygens (including phenoxy) is 2. The molecule has 8 heterocycles. The number of nitrogens with one attached hydrogen (secondary N) is 2. The van der Waals surface area contributed by atoms with E-state index in [1.165, 1.54) is 18.5 Å². The molecule has 0 aliphatic carbocycles. The van der Waals surface area contributed by atoms with Crippen LogP contribution in [-0.4, -0.2) is 177 Å². The Balaban J connectivity index is 0.743.